The summed E-state index contributed by atoms with van der Waals surface area (Å²) in [6.07, 6.45) is 1.43. The lowest BCUT2D eigenvalue weighted by molar-refractivity contribution is 0.856. The second kappa shape index (κ2) is 12.3. The topological polar surface area (TPSA) is 94.6 Å². The first-order valence-electron chi connectivity index (χ1n) is 14.0. The largest absolute Gasteiger partial charge is 0.257 e. The molecule has 7 aromatic rings. The molecule has 44 heavy (non-hydrogen) atoms. The first-order valence-corrected chi connectivity index (χ1v) is 14.0. The van der Waals surface area contributed by atoms with E-state index in [4.69, 9.17) is 4.98 Å². The number of aromatic nitrogens is 3. The lowest BCUT2D eigenvalue weighted by Gasteiger charge is -2.19. The normalized spacial score (nSPS) is 11.5. The van der Waals surface area contributed by atoms with Gasteiger partial charge >= 0.3 is 0 Å². The van der Waals surface area contributed by atoms with Gasteiger partial charge in [-0.05, 0) is 47.2 Å². The van der Waals surface area contributed by atoms with Crippen molar-refractivity contribution in [3.63, 3.8) is 0 Å². The fraction of sp³-hybridized carbons (Fsp3) is 0. The van der Waals surface area contributed by atoms with E-state index in [0.29, 0.717) is 0 Å². The lowest BCUT2D eigenvalue weighted by atomic mass is 10.1. The van der Waals surface area contributed by atoms with Gasteiger partial charge in [-0.25, -0.2) is 0 Å². The Hall–Kier alpha value is -6.35. The number of nitrogens with zero attached hydrogens (tertiary/aromatic N) is 9. The smallest absolute Gasteiger partial charge is 0.199 e. The van der Waals surface area contributed by atoms with Gasteiger partial charge in [0.25, 0.3) is 11.9 Å². The molecule has 6 aromatic carbocycles. The number of benzene rings is 6. The Labute approximate surface area is 253 Å². The van der Waals surface area contributed by atoms with Crippen LogP contribution in [0.25, 0.3) is 21.5 Å². The van der Waals surface area contributed by atoms with Crippen LogP contribution in [0.2, 0.25) is 0 Å². The molecular weight excluding hydrogens is 546 g/mol. The van der Waals surface area contributed by atoms with Crippen LogP contribution in [0, 0.1) is 0 Å². The molecular formula is C35H25N9. The van der Waals surface area contributed by atoms with Crippen LogP contribution in [-0.2, 0) is 0 Å². The van der Waals surface area contributed by atoms with Crippen LogP contribution in [-0.4, -0.2) is 15.0 Å². The van der Waals surface area contributed by atoms with Crippen molar-refractivity contribution in [1.82, 2.24) is 15.0 Å². The standard InChI is InChI=1S/C35H25N9/c1-3-17-28(18-4-1)43(41-39-32-23-11-15-26-13-7-9-21-30(26)32)34-36-25-37-35(38-34)44(29-19-5-2-6-20-29)42-40-33-24-12-16-27-14-8-10-22-31(27)33/h1-25H/b41-39+,42-40+. The molecule has 0 aliphatic rings. The molecule has 9 nitrogen and oxygen atoms in total. The molecule has 0 atom stereocenters. The zero-order valence-corrected chi connectivity index (χ0v) is 23.5. The molecule has 0 unspecified atom stereocenters. The predicted molar refractivity (Wildman–Crippen MR) is 174 cm³/mol. The molecule has 1 heterocycles. The molecule has 0 saturated carbocycles. The number of hydrogen-bond acceptors (Lipinski definition) is 7. The van der Waals surface area contributed by atoms with Gasteiger partial charge in [0.1, 0.15) is 6.33 Å². The minimum absolute atomic E-state index is 0.270. The Morgan fingerprint density at radius 2 is 0.818 bits per heavy atom. The van der Waals surface area contributed by atoms with E-state index in [-0.39, 0.29) is 11.9 Å². The van der Waals surface area contributed by atoms with Crippen LogP contribution in [0.4, 0.5) is 34.6 Å². The van der Waals surface area contributed by atoms with Crippen molar-refractivity contribution < 1.29 is 0 Å². The first-order chi connectivity index (χ1) is 21.8. The van der Waals surface area contributed by atoms with Crippen molar-refractivity contribution in [1.29, 1.82) is 0 Å². The molecule has 0 N–H and O–H groups in total. The molecule has 1 aromatic heterocycles. The van der Waals surface area contributed by atoms with Crippen molar-refractivity contribution in [3.05, 3.63) is 152 Å². The third-order valence-corrected chi connectivity index (χ3v) is 6.94. The van der Waals surface area contributed by atoms with Crippen molar-refractivity contribution >= 4 is 56.2 Å². The number of anilines is 4. The maximum absolute atomic E-state index is 4.80. The number of para-hydroxylation sites is 2. The Bertz CT molecular complexity index is 1940. The molecule has 7 rings (SSSR count). The van der Waals surface area contributed by atoms with E-state index in [2.05, 4.69) is 30.6 Å². The number of fused-ring (bicyclic) bond motifs is 2. The molecule has 0 radical (unpaired) electrons. The van der Waals surface area contributed by atoms with Gasteiger partial charge in [0.2, 0.25) is 0 Å². The molecule has 0 amide bonds. The highest BCUT2D eigenvalue weighted by atomic mass is 15.6. The predicted octanol–water partition coefficient (Wildman–Crippen LogP) is 9.85. The fourth-order valence-corrected chi connectivity index (χ4v) is 4.81. The monoisotopic (exact) mass is 571 g/mol. The third-order valence-electron chi connectivity index (χ3n) is 6.94. The molecule has 9 heteroatoms. The van der Waals surface area contributed by atoms with E-state index in [0.717, 1.165) is 44.3 Å². The van der Waals surface area contributed by atoms with E-state index in [1.165, 1.54) is 6.33 Å². The van der Waals surface area contributed by atoms with E-state index in [1.807, 2.05) is 146 Å². The quantitative estimate of drug-likeness (QED) is 0.134. The van der Waals surface area contributed by atoms with Crippen LogP contribution in [0.3, 0.4) is 0 Å². The van der Waals surface area contributed by atoms with Crippen LogP contribution in [0.15, 0.2) is 173 Å². The lowest BCUT2D eigenvalue weighted by Crippen LogP contribution is -2.17. The van der Waals surface area contributed by atoms with E-state index in [1.54, 1.807) is 10.0 Å². The van der Waals surface area contributed by atoms with Gasteiger partial charge < -0.3 is 0 Å². The number of hydrogen-bond donors (Lipinski definition) is 0. The van der Waals surface area contributed by atoms with Crippen molar-refractivity contribution in [2.24, 2.45) is 20.7 Å². The van der Waals surface area contributed by atoms with E-state index in [9.17, 15) is 0 Å². The minimum atomic E-state index is 0.270. The maximum atomic E-state index is 4.80. The third kappa shape index (κ3) is 5.57. The molecule has 0 spiro atoms. The van der Waals surface area contributed by atoms with Gasteiger partial charge in [-0.1, -0.05) is 120 Å². The molecule has 0 fully saturated rings. The highest BCUT2D eigenvalue weighted by Gasteiger charge is 2.18. The average Bonchev–Trinajstić information content (AvgIpc) is 3.10. The maximum Gasteiger partial charge on any atom is 0.257 e. The summed E-state index contributed by atoms with van der Waals surface area (Å²) in [5, 5.41) is 25.8. The van der Waals surface area contributed by atoms with Gasteiger partial charge in [-0.15, -0.1) is 10.2 Å². The van der Waals surface area contributed by atoms with Crippen LogP contribution in [0.1, 0.15) is 0 Å². The summed E-state index contributed by atoms with van der Waals surface area (Å²) in [5.41, 5.74) is 2.93. The van der Waals surface area contributed by atoms with Crippen molar-refractivity contribution in [3.8, 4) is 0 Å². The van der Waals surface area contributed by atoms with Crippen LogP contribution >= 0.6 is 0 Å². The Kier molecular flexibility index (Phi) is 7.39. The summed E-state index contributed by atoms with van der Waals surface area (Å²) >= 11 is 0. The van der Waals surface area contributed by atoms with Gasteiger partial charge in [-0.2, -0.15) is 25.0 Å². The Balaban J connectivity index is 1.30. The van der Waals surface area contributed by atoms with Gasteiger partial charge in [0.15, 0.2) is 0 Å². The Morgan fingerprint density at radius 3 is 1.30 bits per heavy atom. The highest BCUT2D eigenvalue weighted by molar-refractivity contribution is 5.93. The number of rotatable bonds is 8. The van der Waals surface area contributed by atoms with Gasteiger partial charge in [0, 0.05) is 10.8 Å². The zero-order valence-electron chi connectivity index (χ0n) is 23.5. The van der Waals surface area contributed by atoms with Crippen LogP contribution in [0.5, 0.6) is 0 Å². The van der Waals surface area contributed by atoms with E-state index < -0.39 is 0 Å². The van der Waals surface area contributed by atoms with Gasteiger partial charge in [0.05, 0.1) is 22.7 Å². The summed E-state index contributed by atoms with van der Waals surface area (Å²) in [4.78, 5) is 13.8. The highest BCUT2D eigenvalue weighted by Crippen LogP contribution is 2.32. The average molecular weight is 572 g/mol. The summed E-state index contributed by atoms with van der Waals surface area (Å²) in [6.45, 7) is 0. The summed E-state index contributed by atoms with van der Waals surface area (Å²) < 4.78 is 0. The van der Waals surface area contributed by atoms with Gasteiger partial charge in [-0.3, -0.25) is 0 Å². The SMILES string of the molecule is c1ccc(N(/N=N/c2cccc3ccccc23)c2ncnc(N(/N=N/c3cccc4ccccc34)c3ccccc3)n2)cc1. The van der Waals surface area contributed by atoms with Crippen molar-refractivity contribution in [2.75, 3.05) is 10.0 Å². The summed E-state index contributed by atoms with van der Waals surface area (Å²) in [6, 6.07) is 47.2. The first kappa shape index (κ1) is 26.5. The Morgan fingerprint density at radius 1 is 0.409 bits per heavy atom. The van der Waals surface area contributed by atoms with E-state index >= 15 is 0 Å². The molecule has 210 valence electrons. The molecule has 0 bridgehead atoms. The fourth-order valence-electron chi connectivity index (χ4n) is 4.81. The second-order valence-electron chi connectivity index (χ2n) is 9.76. The molecule has 0 saturated heterocycles. The molecule has 0 aliphatic carbocycles. The summed E-state index contributed by atoms with van der Waals surface area (Å²) in [5.74, 6) is 0.540. The molecule has 0 aliphatic heterocycles. The van der Waals surface area contributed by atoms with Crippen molar-refractivity contribution in [2.45, 2.75) is 0 Å². The van der Waals surface area contributed by atoms with Crippen LogP contribution < -0.4 is 10.0 Å². The summed E-state index contributed by atoms with van der Waals surface area (Å²) in [7, 11) is 0. The second-order valence-corrected chi connectivity index (χ2v) is 9.76. The zero-order chi connectivity index (χ0) is 29.6. The minimum Gasteiger partial charge on any atom is -0.199 e.